The Balaban J connectivity index is 1.05. The van der Waals surface area contributed by atoms with Gasteiger partial charge in [-0.2, -0.15) is 0 Å². The number of rotatable bonds is 10. The van der Waals surface area contributed by atoms with Crippen LogP contribution < -0.4 is 9.80 Å². The smallest absolute Gasteiger partial charge is 0.235 e. The lowest BCUT2D eigenvalue weighted by Gasteiger charge is -2.40. The standard InChI is InChI=1S/C65H43N9/c1-7-23-44(24-8-1)52-42-53(45-25-9-2-10-26-45)67-63(66-52)50-39-40-56(51(41-50)64-71-61(48-31-15-5-16-32-48)70-62(72-64)49-33-17-6-18-34-49)73-57-35-19-21-37-59(57)74(60-38-22-20-36-58(60)73)65-68-54(46-27-11-3-12-28-46)43-55(69-65)47-29-13-4-14-30-47/h1-43H. The predicted molar refractivity (Wildman–Crippen MR) is 297 cm³/mol. The SMILES string of the molecule is c1ccc(-c2cc(-c3ccccc3)nc(-c3ccc(N4c5ccccc5N(c5nc(-c6ccccc6)cc(-c6ccccc6)n5)c5ccccc54)c(-c4nc(-c5ccccc5)nc(-c5ccccc5)n4)c3)n2)cc1. The van der Waals surface area contributed by atoms with Crippen LogP contribution in [0.1, 0.15) is 0 Å². The van der Waals surface area contributed by atoms with Crippen molar-refractivity contribution >= 4 is 34.4 Å². The van der Waals surface area contributed by atoms with E-state index in [9.17, 15) is 0 Å². The minimum absolute atomic E-state index is 0.487. The van der Waals surface area contributed by atoms with Crippen LogP contribution in [0.25, 0.3) is 90.6 Å². The van der Waals surface area contributed by atoms with Crippen LogP contribution in [0.15, 0.2) is 261 Å². The molecule has 3 aromatic heterocycles. The molecule has 0 atom stereocenters. The molecule has 0 radical (unpaired) electrons. The number of benzene rings is 9. The van der Waals surface area contributed by atoms with Gasteiger partial charge >= 0.3 is 0 Å². The molecule has 9 heteroatoms. The zero-order chi connectivity index (χ0) is 49.2. The van der Waals surface area contributed by atoms with Crippen LogP contribution in [0.5, 0.6) is 0 Å². The lowest BCUT2D eigenvalue weighted by Crippen LogP contribution is -2.25. The first-order chi connectivity index (χ1) is 36.7. The van der Waals surface area contributed by atoms with Gasteiger partial charge in [-0.15, -0.1) is 0 Å². The highest BCUT2D eigenvalue weighted by Gasteiger charge is 2.34. The van der Waals surface area contributed by atoms with Gasteiger partial charge in [-0.3, -0.25) is 4.90 Å². The summed E-state index contributed by atoms with van der Waals surface area (Å²) in [6.07, 6.45) is 0. The number of fused-ring (bicyclic) bond motifs is 2. The van der Waals surface area contributed by atoms with E-state index in [0.29, 0.717) is 29.2 Å². The first kappa shape index (κ1) is 43.7. The molecule has 74 heavy (non-hydrogen) atoms. The number of hydrogen-bond acceptors (Lipinski definition) is 9. The highest BCUT2D eigenvalue weighted by molar-refractivity contribution is 6.03. The van der Waals surface area contributed by atoms with E-state index in [-0.39, 0.29) is 0 Å². The van der Waals surface area contributed by atoms with Crippen molar-refractivity contribution < 1.29 is 0 Å². The molecule has 4 heterocycles. The van der Waals surface area contributed by atoms with Gasteiger partial charge in [0.2, 0.25) is 5.95 Å². The average Bonchev–Trinajstić information content (AvgIpc) is 3.49. The van der Waals surface area contributed by atoms with Crippen molar-refractivity contribution in [2.45, 2.75) is 0 Å². The molecule has 0 N–H and O–H groups in total. The predicted octanol–water partition coefficient (Wildman–Crippen LogP) is 16.0. The van der Waals surface area contributed by atoms with E-state index in [0.717, 1.165) is 95.7 Å². The summed E-state index contributed by atoms with van der Waals surface area (Å²) < 4.78 is 0. The van der Waals surface area contributed by atoms with Gasteiger partial charge in [0.1, 0.15) is 0 Å². The number of anilines is 6. The number of para-hydroxylation sites is 4. The second-order valence-corrected chi connectivity index (χ2v) is 17.8. The first-order valence-corrected chi connectivity index (χ1v) is 24.5. The van der Waals surface area contributed by atoms with Crippen LogP contribution in [0.2, 0.25) is 0 Å². The van der Waals surface area contributed by atoms with Crippen molar-refractivity contribution in [1.29, 1.82) is 0 Å². The van der Waals surface area contributed by atoms with Gasteiger partial charge in [0.25, 0.3) is 0 Å². The Labute approximate surface area is 428 Å². The van der Waals surface area contributed by atoms with Gasteiger partial charge in [0.15, 0.2) is 23.3 Å². The van der Waals surface area contributed by atoms with E-state index in [2.05, 4.69) is 137 Å². The van der Waals surface area contributed by atoms with Gasteiger partial charge in [-0.05, 0) is 54.6 Å². The van der Waals surface area contributed by atoms with Crippen molar-refractivity contribution in [3.8, 4) is 90.6 Å². The highest BCUT2D eigenvalue weighted by Crippen LogP contribution is 2.55. The van der Waals surface area contributed by atoms with Crippen molar-refractivity contribution in [1.82, 2.24) is 34.9 Å². The molecule has 0 saturated heterocycles. The summed E-state index contributed by atoms with van der Waals surface area (Å²) in [7, 11) is 0. The summed E-state index contributed by atoms with van der Waals surface area (Å²) in [6.45, 7) is 0. The third kappa shape index (κ3) is 8.40. The molecular weight excluding hydrogens is 907 g/mol. The molecule has 0 bridgehead atoms. The fourth-order valence-corrected chi connectivity index (χ4v) is 9.54. The molecule has 12 aromatic rings. The van der Waals surface area contributed by atoms with Gasteiger partial charge in [-0.1, -0.05) is 206 Å². The van der Waals surface area contributed by atoms with Crippen LogP contribution in [0, 0.1) is 0 Å². The summed E-state index contributed by atoms with van der Waals surface area (Å²) >= 11 is 0. The molecule has 348 valence electrons. The van der Waals surface area contributed by atoms with Crippen LogP contribution in [0.3, 0.4) is 0 Å². The van der Waals surface area contributed by atoms with Crippen LogP contribution in [-0.4, -0.2) is 34.9 Å². The summed E-state index contributed by atoms with van der Waals surface area (Å²) in [5.41, 5.74) is 14.9. The second kappa shape index (κ2) is 19.2. The zero-order valence-electron chi connectivity index (χ0n) is 39.9. The third-order valence-corrected chi connectivity index (χ3v) is 13.1. The maximum Gasteiger partial charge on any atom is 0.235 e. The van der Waals surface area contributed by atoms with Gasteiger partial charge in [0, 0.05) is 44.5 Å². The molecule has 0 aliphatic carbocycles. The normalized spacial score (nSPS) is 11.7. The topological polar surface area (TPSA) is 96.7 Å². The third-order valence-electron chi connectivity index (χ3n) is 13.1. The molecule has 0 saturated carbocycles. The second-order valence-electron chi connectivity index (χ2n) is 17.8. The zero-order valence-corrected chi connectivity index (χ0v) is 39.9. The molecule has 9 aromatic carbocycles. The lowest BCUT2D eigenvalue weighted by molar-refractivity contribution is 1.06. The first-order valence-electron chi connectivity index (χ1n) is 24.5. The van der Waals surface area contributed by atoms with Crippen molar-refractivity contribution in [3.05, 3.63) is 261 Å². The van der Waals surface area contributed by atoms with E-state index in [1.54, 1.807) is 0 Å². The van der Waals surface area contributed by atoms with Crippen LogP contribution >= 0.6 is 0 Å². The monoisotopic (exact) mass is 949 g/mol. The Bertz CT molecular complexity index is 3730. The summed E-state index contributed by atoms with van der Waals surface area (Å²) in [4.78, 5) is 41.5. The summed E-state index contributed by atoms with van der Waals surface area (Å²) in [5, 5.41) is 0. The van der Waals surface area contributed by atoms with Crippen molar-refractivity contribution in [2.75, 3.05) is 9.80 Å². The molecule has 1 aliphatic rings. The van der Waals surface area contributed by atoms with E-state index < -0.39 is 0 Å². The Morgan fingerprint density at radius 3 is 0.905 bits per heavy atom. The van der Waals surface area contributed by atoms with Gasteiger partial charge in [0.05, 0.1) is 51.2 Å². The number of hydrogen-bond donors (Lipinski definition) is 0. The van der Waals surface area contributed by atoms with Crippen LogP contribution in [-0.2, 0) is 0 Å². The maximum atomic E-state index is 5.35. The summed E-state index contributed by atoms with van der Waals surface area (Å²) in [6, 6.07) is 88.5. The Morgan fingerprint density at radius 2 is 0.514 bits per heavy atom. The molecule has 0 unspecified atom stereocenters. The Hall–Kier alpha value is -10.3. The van der Waals surface area contributed by atoms with E-state index in [1.807, 2.05) is 133 Å². The lowest BCUT2D eigenvalue weighted by atomic mass is 10.0. The van der Waals surface area contributed by atoms with Gasteiger partial charge in [-0.25, -0.2) is 34.9 Å². The molecule has 9 nitrogen and oxygen atoms in total. The highest BCUT2D eigenvalue weighted by atomic mass is 15.3. The van der Waals surface area contributed by atoms with E-state index in [1.165, 1.54) is 0 Å². The average molecular weight is 950 g/mol. The minimum atomic E-state index is 0.487. The van der Waals surface area contributed by atoms with E-state index >= 15 is 0 Å². The van der Waals surface area contributed by atoms with Crippen LogP contribution in [0.4, 0.5) is 34.4 Å². The molecule has 0 spiro atoms. The Morgan fingerprint density at radius 1 is 0.203 bits per heavy atom. The minimum Gasteiger partial charge on any atom is -0.306 e. The number of nitrogens with zero attached hydrogens (tertiary/aromatic N) is 9. The number of aromatic nitrogens is 7. The molecular formula is C65H43N9. The molecule has 0 fully saturated rings. The van der Waals surface area contributed by atoms with Crippen molar-refractivity contribution in [3.63, 3.8) is 0 Å². The quantitative estimate of drug-likeness (QED) is 0.133. The van der Waals surface area contributed by atoms with Crippen molar-refractivity contribution in [2.24, 2.45) is 0 Å². The summed E-state index contributed by atoms with van der Waals surface area (Å²) in [5.74, 6) is 2.70. The largest absolute Gasteiger partial charge is 0.306 e. The molecule has 0 amide bonds. The fraction of sp³-hybridized carbons (Fsp3) is 0. The fourth-order valence-electron chi connectivity index (χ4n) is 9.54. The Kier molecular flexibility index (Phi) is 11.3. The molecule has 1 aliphatic heterocycles. The van der Waals surface area contributed by atoms with Gasteiger partial charge < -0.3 is 4.90 Å². The maximum absolute atomic E-state index is 5.35. The van der Waals surface area contributed by atoms with E-state index in [4.69, 9.17) is 34.9 Å². The molecule has 13 rings (SSSR count).